The average Bonchev–Trinajstić information content (AvgIpc) is 2.96. The highest BCUT2D eigenvalue weighted by Crippen LogP contribution is 2.42. The van der Waals surface area contributed by atoms with E-state index in [1.54, 1.807) is 20.2 Å². The van der Waals surface area contributed by atoms with E-state index in [2.05, 4.69) is 27.4 Å². The number of imide groups is 2. The fraction of sp³-hybridized carbons (Fsp3) is 0.613. The van der Waals surface area contributed by atoms with Gasteiger partial charge in [0.1, 0.15) is 11.2 Å². The van der Waals surface area contributed by atoms with Gasteiger partial charge in [0.2, 0.25) is 11.8 Å². The van der Waals surface area contributed by atoms with E-state index in [-0.39, 0.29) is 6.04 Å². The monoisotopic (exact) mass is 552 g/mol. The maximum atomic E-state index is 11.8. The number of aliphatic hydroxyl groups is 1. The molecule has 0 spiro atoms. The summed E-state index contributed by atoms with van der Waals surface area (Å²) in [6, 6.07) is 7.35. The molecular weight excluding hydrogens is 508 g/mol. The predicted octanol–water partition coefficient (Wildman–Crippen LogP) is 4.58. The molecular formula is C31H44N4O5. The van der Waals surface area contributed by atoms with Gasteiger partial charge in [-0.15, -0.1) is 0 Å². The molecule has 4 fully saturated rings. The minimum atomic E-state index is -1.07. The first-order chi connectivity index (χ1) is 19.1. The van der Waals surface area contributed by atoms with Crippen molar-refractivity contribution in [1.29, 1.82) is 0 Å². The van der Waals surface area contributed by atoms with Gasteiger partial charge in [-0.25, -0.2) is 4.79 Å². The zero-order valence-electron chi connectivity index (χ0n) is 24.4. The zero-order valence-corrected chi connectivity index (χ0v) is 24.4. The molecule has 40 heavy (non-hydrogen) atoms. The highest BCUT2D eigenvalue weighted by Gasteiger charge is 2.48. The number of nitrogens with one attached hydrogen (secondary N) is 2. The number of benzene rings is 1. The molecule has 2 bridgehead atoms. The first-order valence-corrected chi connectivity index (χ1v) is 14.6. The Kier molecular flexibility index (Phi) is 9.46. The summed E-state index contributed by atoms with van der Waals surface area (Å²) in [5, 5.41) is 16.5. The zero-order chi connectivity index (χ0) is 29.0. The summed E-state index contributed by atoms with van der Waals surface area (Å²) in [7, 11) is 1.67. The molecule has 2 unspecified atom stereocenters. The number of amides is 4. The Morgan fingerprint density at radius 1 is 1.15 bits per heavy atom. The van der Waals surface area contributed by atoms with Crippen LogP contribution in [0.3, 0.4) is 0 Å². The number of carbonyl (C=O) groups excluding carboxylic acids is 3. The Balaban J connectivity index is 0.000000202. The molecule has 4 aliphatic rings. The Labute approximate surface area is 237 Å². The summed E-state index contributed by atoms with van der Waals surface area (Å²) < 4.78 is 5.36. The van der Waals surface area contributed by atoms with Crippen molar-refractivity contribution in [1.82, 2.24) is 20.5 Å². The van der Waals surface area contributed by atoms with E-state index in [4.69, 9.17) is 4.74 Å². The molecule has 9 nitrogen and oxygen atoms in total. The number of methoxy groups -OCH3 is 1. The first kappa shape index (κ1) is 29.9. The molecule has 2 aromatic rings. The van der Waals surface area contributed by atoms with Crippen LogP contribution in [0.1, 0.15) is 77.9 Å². The van der Waals surface area contributed by atoms with Crippen molar-refractivity contribution < 1.29 is 24.2 Å². The van der Waals surface area contributed by atoms with E-state index in [1.165, 1.54) is 12.8 Å². The fourth-order valence-electron chi connectivity index (χ4n) is 6.55. The van der Waals surface area contributed by atoms with Crippen LogP contribution >= 0.6 is 0 Å². The summed E-state index contributed by atoms with van der Waals surface area (Å²) in [6.45, 7) is 10.4. The lowest BCUT2D eigenvalue weighted by molar-refractivity contribution is -0.145. The Hall–Kier alpha value is -3.04. The standard InChI is InChI=1S/C20H26N2O2.C11H18N2O3/c1-3-13-12-22-9-7-14(13)10-19(22)20(23)16-6-8-21-18-5-4-15(24-2)11-17(16)18;1-4-11(6-5-7(2)3)8(14)12-10(16)13-9(11)15/h4-6,8,11,13-14,19-20,23H,3,7,9-10,12H2,1-2H3;7H,4-6H2,1-3H3,(H2,12,13,14,15,16)/t13-,14?,19+,20-;/m0./s1. The van der Waals surface area contributed by atoms with E-state index in [1.807, 2.05) is 38.1 Å². The highest BCUT2D eigenvalue weighted by atomic mass is 16.5. The van der Waals surface area contributed by atoms with Gasteiger partial charge in [0, 0.05) is 24.2 Å². The SMILES string of the molecule is CCC1(CCC(C)C)C(=O)NC(=O)NC1=O.CC[C@H]1CN2CCC1C[C@@H]2[C@@H](O)c1ccnc2ccc(OC)cc12. The molecule has 218 valence electrons. The summed E-state index contributed by atoms with van der Waals surface area (Å²) in [6.07, 6.45) is 6.64. The number of nitrogens with zero attached hydrogens (tertiary/aromatic N) is 2. The number of hydrogen-bond donors (Lipinski definition) is 3. The molecule has 1 aromatic heterocycles. The van der Waals surface area contributed by atoms with Crippen LogP contribution in [0.25, 0.3) is 10.9 Å². The predicted molar refractivity (Wildman–Crippen MR) is 154 cm³/mol. The number of ether oxygens (including phenoxy) is 1. The van der Waals surface area contributed by atoms with Gasteiger partial charge in [0.15, 0.2) is 0 Å². The third-order valence-corrected chi connectivity index (χ3v) is 9.20. The minimum Gasteiger partial charge on any atom is -0.497 e. The topological polar surface area (TPSA) is 121 Å². The molecule has 4 aliphatic heterocycles. The van der Waals surface area contributed by atoms with Crippen LogP contribution in [-0.4, -0.2) is 59.1 Å². The molecule has 5 atom stereocenters. The number of rotatable bonds is 8. The Bertz CT molecular complexity index is 1210. The second-order valence-corrected chi connectivity index (χ2v) is 11.8. The molecule has 4 amide bonds. The van der Waals surface area contributed by atoms with E-state index in [0.29, 0.717) is 18.8 Å². The van der Waals surface area contributed by atoms with E-state index in [0.717, 1.165) is 60.0 Å². The Morgan fingerprint density at radius 2 is 1.88 bits per heavy atom. The van der Waals surface area contributed by atoms with Crippen LogP contribution in [-0.2, 0) is 9.59 Å². The lowest BCUT2D eigenvalue weighted by Gasteiger charge is -2.51. The van der Waals surface area contributed by atoms with Crippen LogP contribution in [0.5, 0.6) is 5.75 Å². The van der Waals surface area contributed by atoms with Crippen molar-refractivity contribution in [3.8, 4) is 5.75 Å². The van der Waals surface area contributed by atoms with Gasteiger partial charge in [-0.1, -0.05) is 34.1 Å². The summed E-state index contributed by atoms with van der Waals surface area (Å²) >= 11 is 0. The lowest BCUT2D eigenvalue weighted by Crippen LogP contribution is -2.62. The third kappa shape index (κ3) is 6.00. The van der Waals surface area contributed by atoms with Crippen molar-refractivity contribution in [2.75, 3.05) is 20.2 Å². The first-order valence-electron chi connectivity index (χ1n) is 14.6. The van der Waals surface area contributed by atoms with E-state index < -0.39 is 29.4 Å². The van der Waals surface area contributed by atoms with Gasteiger partial charge >= 0.3 is 6.03 Å². The smallest absolute Gasteiger partial charge is 0.328 e. The second kappa shape index (κ2) is 12.6. The molecule has 6 rings (SSSR count). The molecule has 3 N–H and O–H groups in total. The number of pyridine rings is 1. The van der Waals surface area contributed by atoms with Crippen molar-refractivity contribution in [2.45, 2.75) is 78.4 Å². The summed E-state index contributed by atoms with van der Waals surface area (Å²) in [5.41, 5.74) is 0.817. The number of barbiturate groups is 1. The van der Waals surface area contributed by atoms with Gasteiger partial charge < -0.3 is 9.84 Å². The number of fused-ring (bicyclic) bond motifs is 4. The number of hydrogen-bond acceptors (Lipinski definition) is 7. The summed E-state index contributed by atoms with van der Waals surface area (Å²) in [4.78, 5) is 41.5. The van der Waals surface area contributed by atoms with Gasteiger partial charge in [-0.2, -0.15) is 0 Å². The lowest BCUT2D eigenvalue weighted by atomic mass is 9.72. The fourth-order valence-corrected chi connectivity index (χ4v) is 6.55. The molecule has 0 radical (unpaired) electrons. The summed E-state index contributed by atoms with van der Waals surface area (Å²) in [5.74, 6) is 1.86. The van der Waals surface area contributed by atoms with Crippen molar-refractivity contribution in [2.24, 2.45) is 23.2 Å². The molecule has 0 aliphatic carbocycles. The number of aliphatic hydroxyl groups excluding tert-OH is 1. The number of urea groups is 1. The third-order valence-electron chi connectivity index (χ3n) is 9.20. The van der Waals surface area contributed by atoms with Crippen LogP contribution in [0.4, 0.5) is 4.79 Å². The quantitative estimate of drug-likeness (QED) is 0.410. The van der Waals surface area contributed by atoms with Gasteiger partial charge in [-0.05, 0) is 86.2 Å². The van der Waals surface area contributed by atoms with E-state index >= 15 is 0 Å². The van der Waals surface area contributed by atoms with Crippen molar-refractivity contribution in [3.63, 3.8) is 0 Å². The number of carbonyl (C=O) groups is 3. The minimum absolute atomic E-state index is 0.225. The maximum Gasteiger partial charge on any atom is 0.328 e. The van der Waals surface area contributed by atoms with Crippen molar-refractivity contribution >= 4 is 28.7 Å². The number of aromatic nitrogens is 1. The van der Waals surface area contributed by atoms with Gasteiger partial charge in [-0.3, -0.25) is 30.1 Å². The molecule has 1 aromatic carbocycles. The van der Waals surface area contributed by atoms with Crippen LogP contribution in [0.2, 0.25) is 0 Å². The van der Waals surface area contributed by atoms with Crippen LogP contribution in [0.15, 0.2) is 30.5 Å². The largest absolute Gasteiger partial charge is 0.497 e. The van der Waals surface area contributed by atoms with Crippen molar-refractivity contribution in [3.05, 3.63) is 36.0 Å². The molecule has 0 saturated carbocycles. The maximum absolute atomic E-state index is 11.8. The molecule has 9 heteroatoms. The van der Waals surface area contributed by atoms with Crippen LogP contribution in [0, 0.1) is 23.2 Å². The average molecular weight is 553 g/mol. The molecule has 4 saturated heterocycles. The van der Waals surface area contributed by atoms with E-state index in [9.17, 15) is 19.5 Å². The normalized spacial score (nSPS) is 26.1. The van der Waals surface area contributed by atoms with Crippen LogP contribution < -0.4 is 15.4 Å². The van der Waals surface area contributed by atoms with Gasteiger partial charge in [0.05, 0.1) is 18.7 Å². The highest BCUT2D eigenvalue weighted by molar-refractivity contribution is 6.19. The van der Waals surface area contributed by atoms with Gasteiger partial charge in [0.25, 0.3) is 0 Å². The second-order valence-electron chi connectivity index (χ2n) is 11.8. The molecule has 5 heterocycles. The number of piperidine rings is 3. The Morgan fingerprint density at radius 3 is 2.45 bits per heavy atom.